The Morgan fingerprint density at radius 1 is 1.29 bits per heavy atom. The molecule has 0 atom stereocenters. The molecule has 1 aromatic rings. The second-order valence-electron chi connectivity index (χ2n) is 6.24. The first-order valence-electron chi connectivity index (χ1n) is 6.39. The van der Waals surface area contributed by atoms with Crippen LogP contribution in [-0.2, 0) is 5.41 Å². The van der Waals surface area contributed by atoms with Gasteiger partial charge in [0.2, 0.25) is 0 Å². The monoisotopic (exact) mass is 235 g/mol. The van der Waals surface area contributed by atoms with Crippen molar-refractivity contribution in [1.82, 2.24) is 0 Å². The number of hydrogen-bond donors (Lipinski definition) is 0. The minimum absolute atomic E-state index is 0.0723. The van der Waals surface area contributed by atoms with Crippen LogP contribution in [0.4, 0.5) is 10.1 Å². The van der Waals surface area contributed by atoms with Crippen LogP contribution in [0.3, 0.4) is 0 Å². The van der Waals surface area contributed by atoms with Crippen molar-refractivity contribution in [3.05, 3.63) is 29.6 Å². The van der Waals surface area contributed by atoms with Gasteiger partial charge < -0.3 is 4.90 Å². The zero-order valence-electron chi connectivity index (χ0n) is 11.3. The standard InChI is InChI=1S/C15H22FN/c1-15(2,3)12-7-8-13(16)14(9-12)17(4)10-11-5-6-11/h7-9,11H,5-6,10H2,1-4H3. The minimum Gasteiger partial charge on any atom is -0.372 e. The van der Waals surface area contributed by atoms with Gasteiger partial charge >= 0.3 is 0 Å². The van der Waals surface area contributed by atoms with Crippen LogP contribution in [0.2, 0.25) is 0 Å². The fourth-order valence-electron chi connectivity index (χ4n) is 2.06. The van der Waals surface area contributed by atoms with Gasteiger partial charge in [-0.1, -0.05) is 26.8 Å². The summed E-state index contributed by atoms with van der Waals surface area (Å²) in [5.74, 6) is 0.666. The van der Waals surface area contributed by atoms with E-state index >= 15 is 0 Å². The third-order valence-electron chi connectivity index (χ3n) is 3.45. The summed E-state index contributed by atoms with van der Waals surface area (Å²) in [5, 5.41) is 0. The molecule has 1 fully saturated rings. The summed E-state index contributed by atoms with van der Waals surface area (Å²) in [4.78, 5) is 2.06. The highest BCUT2D eigenvalue weighted by molar-refractivity contribution is 5.50. The van der Waals surface area contributed by atoms with Crippen molar-refractivity contribution in [3.8, 4) is 0 Å². The highest BCUT2D eigenvalue weighted by Gasteiger charge is 2.24. The van der Waals surface area contributed by atoms with E-state index in [9.17, 15) is 4.39 Å². The lowest BCUT2D eigenvalue weighted by Crippen LogP contribution is -2.22. The maximum atomic E-state index is 13.8. The van der Waals surface area contributed by atoms with Gasteiger partial charge in [0, 0.05) is 13.6 Å². The first-order valence-corrected chi connectivity index (χ1v) is 6.39. The maximum absolute atomic E-state index is 13.8. The number of benzene rings is 1. The molecule has 17 heavy (non-hydrogen) atoms. The van der Waals surface area contributed by atoms with Gasteiger partial charge in [-0.25, -0.2) is 4.39 Å². The molecule has 1 saturated carbocycles. The van der Waals surface area contributed by atoms with Crippen molar-refractivity contribution in [2.24, 2.45) is 5.92 Å². The predicted molar refractivity (Wildman–Crippen MR) is 71.1 cm³/mol. The van der Waals surface area contributed by atoms with E-state index in [4.69, 9.17) is 0 Å². The molecule has 0 amide bonds. The van der Waals surface area contributed by atoms with Crippen LogP contribution in [-0.4, -0.2) is 13.6 Å². The van der Waals surface area contributed by atoms with E-state index in [-0.39, 0.29) is 11.2 Å². The van der Waals surface area contributed by atoms with Crippen molar-refractivity contribution in [1.29, 1.82) is 0 Å². The van der Waals surface area contributed by atoms with E-state index < -0.39 is 0 Å². The molecule has 2 rings (SSSR count). The molecule has 0 spiro atoms. The molecule has 0 saturated heterocycles. The Labute approximate surface area is 104 Å². The molecule has 0 heterocycles. The molecule has 0 radical (unpaired) electrons. The summed E-state index contributed by atoms with van der Waals surface area (Å²) >= 11 is 0. The van der Waals surface area contributed by atoms with Gasteiger partial charge in [-0.2, -0.15) is 0 Å². The van der Waals surface area contributed by atoms with E-state index in [0.29, 0.717) is 0 Å². The van der Waals surface area contributed by atoms with Crippen LogP contribution < -0.4 is 4.90 Å². The lowest BCUT2D eigenvalue weighted by molar-refractivity contribution is 0.580. The Kier molecular flexibility index (Phi) is 3.15. The quantitative estimate of drug-likeness (QED) is 0.766. The van der Waals surface area contributed by atoms with E-state index in [1.54, 1.807) is 6.07 Å². The number of hydrogen-bond acceptors (Lipinski definition) is 1. The van der Waals surface area contributed by atoms with Gasteiger partial charge in [-0.3, -0.25) is 0 Å². The van der Waals surface area contributed by atoms with E-state index in [1.807, 2.05) is 19.2 Å². The van der Waals surface area contributed by atoms with E-state index in [0.717, 1.165) is 18.2 Å². The molecule has 0 unspecified atom stereocenters. The van der Waals surface area contributed by atoms with Crippen LogP contribution in [0.1, 0.15) is 39.2 Å². The topological polar surface area (TPSA) is 3.24 Å². The van der Waals surface area contributed by atoms with Crippen molar-refractivity contribution < 1.29 is 4.39 Å². The van der Waals surface area contributed by atoms with Gasteiger partial charge in [-0.05, 0) is 41.9 Å². The maximum Gasteiger partial charge on any atom is 0.146 e. The number of rotatable bonds is 3. The zero-order valence-corrected chi connectivity index (χ0v) is 11.3. The molecule has 2 heteroatoms. The Morgan fingerprint density at radius 2 is 1.94 bits per heavy atom. The molecule has 0 aliphatic heterocycles. The summed E-state index contributed by atoms with van der Waals surface area (Å²) in [6.07, 6.45) is 2.59. The first kappa shape index (κ1) is 12.4. The van der Waals surface area contributed by atoms with Crippen molar-refractivity contribution >= 4 is 5.69 Å². The Bertz CT molecular complexity index is 402. The predicted octanol–water partition coefficient (Wildman–Crippen LogP) is 3.97. The van der Waals surface area contributed by atoms with Crippen LogP contribution in [0, 0.1) is 11.7 Å². The fourth-order valence-corrected chi connectivity index (χ4v) is 2.06. The summed E-state index contributed by atoms with van der Waals surface area (Å²) in [7, 11) is 1.99. The number of nitrogens with zero attached hydrogens (tertiary/aromatic N) is 1. The molecular formula is C15H22FN. The van der Waals surface area contributed by atoms with Crippen molar-refractivity contribution in [2.75, 3.05) is 18.5 Å². The zero-order chi connectivity index (χ0) is 12.6. The second-order valence-corrected chi connectivity index (χ2v) is 6.24. The van der Waals surface area contributed by atoms with Gasteiger partial charge in [0.1, 0.15) is 5.82 Å². The summed E-state index contributed by atoms with van der Waals surface area (Å²) in [5.41, 5.74) is 2.00. The summed E-state index contributed by atoms with van der Waals surface area (Å²) in [6.45, 7) is 7.45. The smallest absolute Gasteiger partial charge is 0.146 e. The van der Waals surface area contributed by atoms with Crippen molar-refractivity contribution in [3.63, 3.8) is 0 Å². The number of halogens is 1. The average Bonchev–Trinajstić information content (AvgIpc) is 3.00. The lowest BCUT2D eigenvalue weighted by Gasteiger charge is -2.24. The second kappa shape index (κ2) is 4.32. The van der Waals surface area contributed by atoms with Crippen molar-refractivity contribution in [2.45, 2.75) is 39.0 Å². The number of anilines is 1. The fraction of sp³-hybridized carbons (Fsp3) is 0.600. The summed E-state index contributed by atoms with van der Waals surface area (Å²) in [6, 6.07) is 5.49. The van der Waals surface area contributed by atoms with Crippen LogP contribution >= 0.6 is 0 Å². The molecule has 1 aromatic carbocycles. The molecular weight excluding hydrogens is 213 g/mol. The van der Waals surface area contributed by atoms with Gasteiger partial charge in [0.25, 0.3) is 0 Å². The first-order chi connectivity index (χ1) is 7.88. The molecule has 0 aromatic heterocycles. The van der Waals surface area contributed by atoms with Gasteiger partial charge in [-0.15, -0.1) is 0 Å². The normalized spacial score (nSPS) is 16.1. The van der Waals surface area contributed by atoms with Crippen LogP contribution in [0.5, 0.6) is 0 Å². The third-order valence-corrected chi connectivity index (χ3v) is 3.45. The van der Waals surface area contributed by atoms with E-state index in [1.165, 1.54) is 18.4 Å². The highest BCUT2D eigenvalue weighted by Crippen LogP contribution is 2.33. The third kappa shape index (κ3) is 2.99. The molecule has 1 nitrogen and oxygen atoms in total. The summed E-state index contributed by atoms with van der Waals surface area (Å²) < 4.78 is 13.8. The molecule has 1 aliphatic carbocycles. The molecule has 1 aliphatic rings. The molecule has 94 valence electrons. The van der Waals surface area contributed by atoms with Gasteiger partial charge in [0.05, 0.1) is 5.69 Å². The average molecular weight is 235 g/mol. The van der Waals surface area contributed by atoms with Gasteiger partial charge in [0.15, 0.2) is 0 Å². The Balaban J connectivity index is 2.24. The van der Waals surface area contributed by atoms with Crippen LogP contribution in [0.15, 0.2) is 18.2 Å². The highest BCUT2D eigenvalue weighted by atomic mass is 19.1. The SMILES string of the molecule is CN(CC1CC1)c1cc(C(C)(C)C)ccc1F. The molecule has 0 bridgehead atoms. The Hall–Kier alpha value is -1.05. The minimum atomic E-state index is -0.110. The molecule has 0 N–H and O–H groups in total. The van der Waals surface area contributed by atoms with Crippen LogP contribution in [0.25, 0.3) is 0 Å². The lowest BCUT2D eigenvalue weighted by atomic mass is 9.87. The van der Waals surface area contributed by atoms with E-state index in [2.05, 4.69) is 25.7 Å². The Morgan fingerprint density at radius 3 is 2.47 bits per heavy atom. The largest absolute Gasteiger partial charge is 0.372 e.